The summed E-state index contributed by atoms with van der Waals surface area (Å²) in [4.78, 5) is 8.86. The topological polar surface area (TPSA) is 42.7 Å². The van der Waals surface area contributed by atoms with Gasteiger partial charge in [-0.05, 0) is 38.1 Å². The first kappa shape index (κ1) is 13.7. The molecule has 0 aliphatic rings. The number of nitrogens with zero attached hydrogens (tertiary/aromatic N) is 3. The number of hydrogen-bond acceptors (Lipinski definition) is 3. The van der Waals surface area contributed by atoms with Gasteiger partial charge in [-0.1, -0.05) is 6.92 Å². The molecule has 102 valence electrons. The highest BCUT2D eigenvalue weighted by molar-refractivity contribution is 5.24. The SMILES string of the molecule is CCNC(Cc1nccn1C)c1cc(C)nc(C)c1. The van der Waals surface area contributed by atoms with Gasteiger partial charge in [-0.2, -0.15) is 0 Å². The number of pyridine rings is 1. The Bertz CT molecular complexity index is 525. The molecule has 1 atom stereocenters. The second kappa shape index (κ2) is 5.97. The molecule has 0 aliphatic carbocycles. The number of rotatable bonds is 5. The Morgan fingerprint density at radius 1 is 1.26 bits per heavy atom. The van der Waals surface area contributed by atoms with Crippen LogP contribution < -0.4 is 5.32 Å². The normalized spacial score (nSPS) is 12.6. The lowest BCUT2D eigenvalue weighted by molar-refractivity contribution is 0.528. The Labute approximate surface area is 114 Å². The number of likely N-dealkylation sites (N-methyl/N-ethyl adjacent to an activating group) is 1. The van der Waals surface area contributed by atoms with Gasteiger partial charge < -0.3 is 9.88 Å². The zero-order chi connectivity index (χ0) is 13.8. The zero-order valence-electron chi connectivity index (χ0n) is 12.1. The summed E-state index contributed by atoms with van der Waals surface area (Å²) in [7, 11) is 2.04. The molecule has 0 aromatic carbocycles. The molecule has 4 nitrogen and oxygen atoms in total. The third-order valence-electron chi connectivity index (χ3n) is 3.26. The summed E-state index contributed by atoms with van der Waals surface area (Å²) in [5, 5.41) is 3.54. The highest BCUT2D eigenvalue weighted by Crippen LogP contribution is 2.19. The molecule has 4 heteroatoms. The van der Waals surface area contributed by atoms with Crippen molar-refractivity contribution in [1.82, 2.24) is 19.9 Å². The summed E-state index contributed by atoms with van der Waals surface area (Å²) < 4.78 is 2.07. The van der Waals surface area contributed by atoms with Gasteiger partial charge in [0.15, 0.2) is 0 Å². The van der Waals surface area contributed by atoms with Crippen LogP contribution in [0.25, 0.3) is 0 Å². The van der Waals surface area contributed by atoms with Gasteiger partial charge in [0.05, 0.1) is 0 Å². The lowest BCUT2D eigenvalue weighted by atomic mass is 10.0. The maximum absolute atomic E-state index is 4.44. The van der Waals surface area contributed by atoms with Gasteiger partial charge in [0.2, 0.25) is 0 Å². The predicted octanol–water partition coefficient (Wildman–Crippen LogP) is 2.33. The Balaban J connectivity index is 2.26. The van der Waals surface area contributed by atoms with E-state index >= 15 is 0 Å². The van der Waals surface area contributed by atoms with Crippen molar-refractivity contribution in [2.45, 2.75) is 33.2 Å². The summed E-state index contributed by atoms with van der Waals surface area (Å²) >= 11 is 0. The molecule has 0 spiro atoms. The third kappa shape index (κ3) is 3.41. The van der Waals surface area contributed by atoms with E-state index in [9.17, 15) is 0 Å². The molecule has 0 bridgehead atoms. The summed E-state index contributed by atoms with van der Waals surface area (Å²) in [6.07, 6.45) is 4.73. The molecule has 0 amide bonds. The van der Waals surface area contributed by atoms with Gasteiger partial charge in [-0.25, -0.2) is 4.98 Å². The van der Waals surface area contributed by atoms with E-state index in [-0.39, 0.29) is 6.04 Å². The van der Waals surface area contributed by atoms with Gasteiger partial charge >= 0.3 is 0 Å². The van der Waals surface area contributed by atoms with Gasteiger partial charge in [-0.3, -0.25) is 4.98 Å². The van der Waals surface area contributed by atoms with Crippen LogP contribution >= 0.6 is 0 Å². The van der Waals surface area contributed by atoms with Crippen molar-refractivity contribution >= 4 is 0 Å². The van der Waals surface area contributed by atoms with Crippen molar-refractivity contribution in [2.75, 3.05) is 6.54 Å². The van der Waals surface area contributed by atoms with Crippen molar-refractivity contribution in [3.63, 3.8) is 0 Å². The molecule has 0 aliphatic heterocycles. The molecule has 2 heterocycles. The lowest BCUT2D eigenvalue weighted by Gasteiger charge is -2.19. The molecule has 1 unspecified atom stereocenters. The van der Waals surface area contributed by atoms with Crippen LogP contribution in [0.3, 0.4) is 0 Å². The predicted molar refractivity (Wildman–Crippen MR) is 77.0 cm³/mol. The minimum Gasteiger partial charge on any atom is -0.338 e. The van der Waals surface area contributed by atoms with E-state index in [2.05, 4.69) is 38.9 Å². The number of nitrogens with one attached hydrogen (secondary N) is 1. The van der Waals surface area contributed by atoms with Gasteiger partial charge in [0.25, 0.3) is 0 Å². The maximum Gasteiger partial charge on any atom is 0.110 e. The Morgan fingerprint density at radius 3 is 2.47 bits per heavy atom. The van der Waals surface area contributed by atoms with Crippen molar-refractivity contribution in [1.29, 1.82) is 0 Å². The molecule has 2 aromatic heterocycles. The fraction of sp³-hybridized carbons (Fsp3) is 0.467. The van der Waals surface area contributed by atoms with Crippen molar-refractivity contribution < 1.29 is 0 Å². The van der Waals surface area contributed by atoms with Crippen LogP contribution in [0.4, 0.5) is 0 Å². The van der Waals surface area contributed by atoms with Crippen LogP contribution in [-0.2, 0) is 13.5 Å². The monoisotopic (exact) mass is 258 g/mol. The van der Waals surface area contributed by atoms with E-state index in [0.29, 0.717) is 0 Å². The van der Waals surface area contributed by atoms with Crippen LogP contribution in [0.1, 0.15) is 35.7 Å². The molecule has 19 heavy (non-hydrogen) atoms. The standard InChI is InChI=1S/C15H22N4/c1-5-16-14(10-15-17-6-7-19(15)4)13-8-11(2)18-12(3)9-13/h6-9,14,16H,5,10H2,1-4H3. The van der Waals surface area contributed by atoms with Crippen molar-refractivity contribution in [2.24, 2.45) is 7.05 Å². The Kier molecular flexibility index (Phi) is 4.32. The van der Waals surface area contributed by atoms with E-state index < -0.39 is 0 Å². The lowest BCUT2D eigenvalue weighted by Crippen LogP contribution is -2.24. The average molecular weight is 258 g/mol. The van der Waals surface area contributed by atoms with Crippen LogP contribution in [0, 0.1) is 13.8 Å². The Morgan fingerprint density at radius 2 is 1.95 bits per heavy atom. The molecule has 0 fully saturated rings. The molecule has 1 N–H and O–H groups in total. The Hall–Kier alpha value is -1.68. The molecule has 2 aromatic rings. The van der Waals surface area contributed by atoms with Gasteiger partial charge in [0.1, 0.15) is 5.82 Å². The summed E-state index contributed by atoms with van der Waals surface area (Å²) in [6, 6.07) is 4.60. The van der Waals surface area contributed by atoms with Gasteiger partial charge in [0, 0.05) is 43.3 Å². The first-order valence-corrected chi connectivity index (χ1v) is 6.75. The van der Waals surface area contributed by atoms with Crippen molar-refractivity contribution in [3.8, 4) is 0 Å². The largest absolute Gasteiger partial charge is 0.338 e. The van der Waals surface area contributed by atoms with E-state index in [1.165, 1.54) is 5.56 Å². The summed E-state index contributed by atoms with van der Waals surface area (Å²) in [6.45, 7) is 7.16. The molecule has 0 radical (unpaired) electrons. The molecule has 0 saturated carbocycles. The van der Waals surface area contributed by atoms with Crippen LogP contribution in [0.15, 0.2) is 24.5 Å². The molecular formula is C15H22N4. The maximum atomic E-state index is 4.44. The number of aromatic nitrogens is 3. The number of hydrogen-bond donors (Lipinski definition) is 1. The highest BCUT2D eigenvalue weighted by Gasteiger charge is 2.14. The van der Waals surface area contributed by atoms with Crippen LogP contribution in [-0.4, -0.2) is 21.1 Å². The fourth-order valence-electron chi connectivity index (χ4n) is 2.40. The van der Waals surface area contributed by atoms with Crippen molar-refractivity contribution in [3.05, 3.63) is 47.3 Å². The van der Waals surface area contributed by atoms with E-state index in [1.807, 2.05) is 33.3 Å². The van der Waals surface area contributed by atoms with Gasteiger partial charge in [-0.15, -0.1) is 0 Å². The molecular weight excluding hydrogens is 236 g/mol. The smallest absolute Gasteiger partial charge is 0.110 e. The van der Waals surface area contributed by atoms with E-state index in [0.717, 1.165) is 30.2 Å². The summed E-state index contributed by atoms with van der Waals surface area (Å²) in [5.74, 6) is 1.10. The highest BCUT2D eigenvalue weighted by atomic mass is 15.0. The minimum atomic E-state index is 0.284. The fourth-order valence-corrected chi connectivity index (χ4v) is 2.40. The van der Waals surface area contributed by atoms with E-state index in [1.54, 1.807) is 0 Å². The van der Waals surface area contributed by atoms with Crippen LogP contribution in [0.5, 0.6) is 0 Å². The molecule has 0 saturated heterocycles. The average Bonchev–Trinajstić information content (AvgIpc) is 2.73. The first-order valence-electron chi connectivity index (χ1n) is 6.75. The second-order valence-corrected chi connectivity index (χ2v) is 4.95. The van der Waals surface area contributed by atoms with Crippen LogP contribution in [0.2, 0.25) is 0 Å². The quantitative estimate of drug-likeness (QED) is 0.895. The minimum absolute atomic E-state index is 0.284. The first-order chi connectivity index (χ1) is 9.10. The third-order valence-corrected chi connectivity index (χ3v) is 3.26. The number of aryl methyl sites for hydroxylation is 3. The summed E-state index contributed by atoms with van der Waals surface area (Å²) in [5.41, 5.74) is 3.42. The number of imidazole rings is 1. The second-order valence-electron chi connectivity index (χ2n) is 4.95. The van der Waals surface area contributed by atoms with E-state index in [4.69, 9.17) is 0 Å². The molecule has 2 rings (SSSR count). The zero-order valence-corrected chi connectivity index (χ0v) is 12.1.